The standard InChI is InChI=1S/C27H18N2O3/c30-27-22-7-3-4-8-23(22)28-26(14-10-18-9-13-24-25(15-18)32-17-31-24)29(27)21-12-11-19-5-1-2-6-20(19)16-21/h1-16H,17H2. The number of ether oxygens (including phenoxy) is 2. The Labute approximate surface area is 183 Å². The van der Waals surface area contributed by atoms with Gasteiger partial charge in [-0.25, -0.2) is 4.98 Å². The number of fused-ring (bicyclic) bond motifs is 3. The third-order valence-corrected chi connectivity index (χ3v) is 5.61. The monoisotopic (exact) mass is 418 g/mol. The van der Waals surface area contributed by atoms with Gasteiger partial charge in [-0.15, -0.1) is 0 Å². The molecule has 2 heterocycles. The molecule has 0 bridgehead atoms. The summed E-state index contributed by atoms with van der Waals surface area (Å²) >= 11 is 0. The van der Waals surface area contributed by atoms with Crippen molar-refractivity contribution < 1.29 is 9.47 Å². The van der Waals surface area contributed by atoms with Crippen molar-refractivity contribution in [3.8, 4) is 17.2 Å². The number of hydrogen-bond acceptors (Lipinski definition) is 4. The van der Waals surface area contributed by atoms with Crippen LogP contribution in [-0.2, 0) is 0 Å². The van der Waals surface area contributed by atoms with Crippen molar-refractivity contribution >= 4 is 33.8 Å². The number of benzene rings is 4. The van der Waals surface area contributed by atoms with Gasteiger partial charge in [0.15, 0.2) is 11.5 Å². The number of rotatable bonds is 3. The summed E-state index contributed by atoms with van der Waals surface area (Å²) in [5.41, 5.74) is 2.27. The van der Waals surface area contributed by atoms with E-state index in [1.54, 1.807) is 4.57 Å². The van der Waals surface area contributed by atoms with Crippen LogP contribution in [0.3, 0.4) is 0 Å². The molecule has 0 unspecified atom stereocenters. The summed E-state index contributed by atoms with van der Waals surface area (Å²) in [4.78, 5) is 18.3. The van der Waals surface area contributed by atoms with Gasteiger partial charge in [-0.1, -0.05) is 54.6 Å². The molecule has 1 aliphatic rings. The lowest BCUT2D eigenvalue weighted by atomic mass is 10.1. The Kier molecular flexibility index (Phi) is 4.25. The van der Waals surface area contributed by atoms with Gasteiger partial charge in [0.05, 0.1) is 16.6 Å². The van der Waals surface area contributed by atoms with Crippen LogP contribution in [0.1, 0.15) is 11.4 Å². The smallest absolute Gasteiger partial charge is 0.266 e. The number of aromatic nitrogens is 2. The fourth-order valence-corrected chi connectivity index (χ4v) is 4.01. The van der Waals surface area contributed by atoms with E-state index >= 15 is 0 Å². The van der Waals surface area contributed by atoms with Crippen molar-refractivity contribution in [3.63, 3.8) is 0 Å². The molecule has 0 aliphatic carbocycles. The van der Waals surface area contributed by atoms with Gasteiger partial charge in [0.25, 0.3) is 5.56 Å². The minimum atomic E-state index is -0.101. The number of nitrogens with zero attached hydrogens (tertiary/aromatic N) is 2. The van der Waals surface area contributed by atoms with Gasteiger partial charge in [-0.05, 0) is 58.8 Å². The highest BCUT2D eigenvalue weighted by atomic mass is 16.7. The highest BCUT2D eigenvalue weighted by Gasteiger charge is 2.14. The van der Waals surface area contributed by atoms with Gasteiger partial charge in [0.1, 0.15) is 5.82 Å². The Balaban J connectivity index is 1.54. The topological polar surface area (TPSA) is 53.4 Å². The molecule has 0 amide bonds. The average molecular weight is 418 g/mol. The molecular weight excluding hydrogens is 400 g/mol. The second-order valence-corrected chi connectivity index (χ2v) is 7.61. The number of hydrogen-bond donors (Lipinski definition) is 0. The molecule has 0 spiro atoms. The van der Waals surface area contributed by atoms with Crippen molar-refractivity contribution in [3.05, 3.63) is 107 Å². The molecule has 154 valence electrons. The van der Waals surface area contributed by atoms with E-state index in [4.69, 9.17) is 14.5 Å². The molecule has 6 rings (SSSR count). The Morgan fingerprint density at radius 2 is 1.59 bits per heavy atom. The first-order valence-corrected chi connectivity index (χ1v) is 10.3. The van der Waals surface area contributed by atoms with Crippen LogP contribution in [0.5, 0.6) is 11.5 Å². The Hall–Kier alpha value is -4.38. The molecule has 0 radical (unpaired) electrons. The first-order chi connectivity index (χ1) is 15.8. The van der Waals surface area contributed by atoms with Crippen LogP contribution in [0.4, 0.5) is 0 Å². The zero-order valence-electron chi connectivity index (χ0n) is 17.1. The van der Waals surface area contributed by atoms with Crippen LogP contribution in [0.15, 0.2) is 89.7 Å². The summed E-state index contributed by atoms with van der Waals surface area (Å²) in [6.07, 6.45) is 3.79. The molecule has 0 saturated carbocycles. The van der Waals surface area contributed by atoms with E-state index in [9.17, 15) is 4.79 Å². The fraction of sp³-hybridized carbons (Fsp3) is 0.0370. The Bertz CT molecular complexity index is 1580. The summed E-state index contributed by atoms with van der Waals surface area (Å²) < 4.78 is 12.5. The highest BCUT2D eigenvalue weighted by Crippen LogP contribution is 2.33. The van der Waals surface area contributed by atoms with Gasteiger partial charge in [0, 0.05) is 0 Å². The molecule has 0 atom stereocenters. The van der Waals surface area contributed by atoms with Crippen molar-refractivity contribution in [2.75, 3.05) is 6.79 Å². The van der Waals surface area contributed by atoms with Gasteiger partial charge in [-0.2, -0.15) is 0 Å². The molecule has 5 aromatic rings. The number of para-hydroxylation sites is 1. The van der Waals surface area contributed by atoms with Gasteiger partial charge >= 0.3 is 0 Å². The molecule has 1 aliphatic heterocycles. The van der Waals surface area contributed by atoms with E-state index in [0.717, 1.165) is 27.8 Å². The molecule has 5 nitrogen and oxygen atoms in total. The summed E-state index contributed by atoms with van der Waals surface area (Å²) in [5.74, 6) is 2.01. The van der Waals surface area contributed by atoms with E-state index in [0.29, 0.717) is 22.5 Å². The highest BCUT2D eigenvalue weighted by molar-refractivity contribution is 5.85. The van der Waals surface area contributed by atoms with Crippen LogP contribution in [0, 0.1) is 0 Å². The molecule has 5 heteroatoms. The molecule has 1 aromatic heterocycles. The Morgan fingerprint density at radius 3 is 2.53 bits per heavy atom. The zero-order chi connectivity index (χ0) is 21.5. The van der Waals surface area contributed by atoms with Gasteiger partial charge in [0.2, 0.25) is 6.79 Å². The van der Waals surface area contributed by atoms with E-state index < -0.39 is 0 Å². The molecule has 4 aromatic carbocycles. The second-order valence-electron chi connectivity index (χ2n) is 7.61. The molecule has 0 fully saturated rings. The predicted octanol–water partition coefficient (Wildman–Crippen LogP) is 5.44. The van der Waals surface area contributed by atoms with Crippen LogP contribution >= 0.6 is 0 Å². The lowest BCUT2D eigenvalue weighted by Crippen LogP contribution is -2.22. The molecule has 0 saturated heterocycles. The SMILES string of the molecule is O=c1c2ccccc2nc(C=Cc2ccc3c(c2)OCO3)n1-c1ccc2ccccc2c1. The van der Waals surface area contributed by atoms with Gasteiger partial charge < -0.3 is 9.47 Å². The van der Waals surface area contributed by atoms with Crippen molar-refractivity contribution in [2.45, 2.75) is 0 Å². The third-order valence-electron chi connectivity index (χ3n) is 5.61. The van der Waals surface area contributed by atoms with Crippen LogP contribution in [0.25, 0.3) is 39.5 Å². The predicted molar refractivity (Wildman–Crippen MR) is 126 cm³/mol. The van der Waals surface area contributed by atoms with E-state index in [2.05, 4.69) is 6.07 Å². The van der Waals surface area contributed by atoms with E-state index in [-0.39, 0.29) is 12.4 Å². The minimum absolute atomic E-state index is 0.101. The maximum atomic E-state index is 13.5. The molecular formula is C27H18N2O3. The summed E-state index contributed by atoms with van der Waals surface area (Å²) in [7, 11) is 0. The van der Waals surface area contributed by atoms with Crippen molar-refractivity contribution in [1.29, 1.82) is 0 Å². The lowest BCUT2D eigenvalue weighted by Gasteiger charge is -2.12. The summed E-state index contributed by atoms with van der Waals surface area (Å²) in [5, 5.41) is 2.77. The average Bonchev–Trinajstić information content (AvgIpc) is 3.30. The first kappa shape index (κ1) is 18.4. The molecule has 32 heavy (non-hydrogen) atoms. The lowest BCUT2D eigenvalue weighted by molar-refractivity contribution is 0.174. The summed E-state index contributed by atoms with van der Waals surface area (Å²) in [6, 6.07) is 27.3. The summed E-state index contributed by atoms with van der Waals surface area (Å²) in [6.45, 7) is 0.232. The first-order valence-electron chi connectivity index (χ1n) is 10.3. The normalized spacial score (nSPS) is 12.8. The third kappa shape index (κ3) is 3.11. The van der Waals surface area contributed by atoms with Crippen LogP contribution in [0.2, 0.25) is 0 Å². The maximum absolute atomic E-state index is 13.5. The molecule has 0 N–H and O–H groups in total. The zero-order valence-corrected chi connectivity index (χ0v) is 17.1. The largest absolute Gasteiger partial charge is 0.454 e. The van der Waals surface area contributed by atoms with Gasteiger partial charge in [-0.3, -0.25) is 9.36 Å². The Morgan fingerprint density at radius 1 is 0.781 bits per heavy atom. The van der Waals surface area contributed by atoms with Crippen LogP contribution in [-0.4, -0.2) is 16.3 Å². The second kappa shape index (κ2) is 7.39. The van der Waals surface area contributed by atoms with E-state index in [1.807, 2.05) is 91.0 Å². The van der Waals surface area contributed by atoms with E-state index in [1.165, 1.54) is 0 Å². The fourth-order valence-electron chi connectivity index (χ4n) is 4.01. The van der Waals surface area contributed by atoms with Crippen molar-refractivity contribution in [2.24, 2.45) is 0 Å². The quantitative estimate of drug-likeness (QED) is 0.392. The maximum Gasteiger partial charge on any atom is 0.266 e. The van der Waals surface area contributed by atoms with Crippen molar-refractivity contribution in [1.82, 2.24) is 9.55 Å². The van der Waals surface area contributed by atoms with Crippen LogP contribution < -0.4 is 15.0 Å². The minimum Gasteiger partial charge on any atom is -0.454 e.